The van der Waals surface area contributed by atoms with Crippen LogP contribution in [0.5, 0.6) is 0 Å². The van der Waals surface area contributed by atoms with Crippen molar-refractivity contribution in [1.82, 2.24) is 0 Å². The van der Waals surface area contributed by atoms with Crippen molar-refractivity contribution < 1.29 is 5.11 Å². The van der Waals surface area contributed by atoms with Crippen molar-refractivity contribution in [2.24, 2.45) is 11.8 Å². The Morgan fingerprint density at radius 1 is 1.24 bits per heavy atom. The van der Waals surface area contributed by atoms with E-state index in [9.17, 15) is 5.11 Å². The van der Waals surface area contributed by atoms with Crippen LogP contribution in [0.2, 0.25) is 0 Å². The lowest BCUT2D eigenvalue weighted by molar-refractivity contribution is -0.0686. The predicted octanol–water partition coefficient (Wildman–Crippen LogP) is 4.92. The first-order valence-corrected chi connectivity index (χ1v) is 7.88. The molecule has 0 saturated heterocycles. The molecular formula is C16H32O. The zero-order chi connectivity index (χ0) is 12.7. The fraction of sp³-hybridized carbons (Fsp3) is 1.00. The van der Waals surface area contributed by atoms with Gasteiger partial charge in [-0.3, -0.25) is 0 Å². The molecule has 1 fully saturated rings. The van der Waals surface area contributed by atoms with E-state index >= 15 is 0 Å². The standard InChI is InChI=1S/C16H32O/c1-4-7-10-14(5-2)13-16(17)12-9-8-11-15(16)6-3/h14-15,17H,4-13H2,1-3H3. The number of aliphatic hydroxyl groups is 1. The van der Waals surface area contributed by atoms with E-state index in [2.05, 4.69) is 20.8 Å². The monoisotopic (exact) mass is 240 g/mol. The zero-order valence-corrected chi connectivity index (χ0v) is 12.2. The molecule has 0 spiro atoms. The Balaban J connectivity index is 2.54. The third-order valence-electron chi connectivity index (χ3n) is 4.85. The first-order chi connectivity index (χ1) is 8.16. The minimum atomic E-state index is -0.332. The molecule has 0 heterocycles. The van der Waals surface area contributed by atoms with Crippen LogP contribution in [0.25, 0.3) is 0 Å². The topological polar surface area (TPSA) is 20.2 Å². The highest BCUT2D eigenvalue weighted by atomic mass is 16.3. The van der Waals surface area contributed by atoms with Crippen molar-refractivity contribution >= 4 is 0 Å². The molecule has 0 aliphatic heterocycles. The van der Waals surface area contributed by atoms with E-state index in [1.807, 2.05) is 0 Å². The van der Waals surface area contributed by atoms with E-state index in [0.29, 0.717) is 5.92 Å². The molecule has 1 aliphatic rings. The summed E-state index contributed by atoms with van der Waals surface area (Å²) in [6.45, 7) is 6.79. The second-order valence-electron chi connectivity index (χ2n) is 6.08. The lowest BCUT2D eigenvalue weighted by Gasteiger charge is -2.42. The number of rotatable bonds is 7. The maximum absolute atomic E-state index is 10.9. The Labute approximate surface area is 108 Å². The normalized spacial score (nSPS) is 31.4. The summed E-state index contributed by atoms with van der Waals surface area (Å²) in [4.78, 5) is 0. The molecule has 1 nitrogen and oxygen atoms in total. The first kappa shape index (κ1) is 15.0. The summed E-state index contributed by atoms with van der Waals surface area (Å²) in [6.07, 6.45) is 12.2. The average molecular weight is 240 g/mol. The largest absolute Gasteiger partial charge is 0.390 e. The summed E-state index contributed by atoms with van der Waals surface area (Å²) in [5.74, 6) is 1.30. The number of unbranched alkanes of at least 4 members (excludes halogenated alkanes) is 1. The van der Waals surface area contributed by atoms with Crippen LogP contribution in [0.3, 0.4) is 0 Å². The van der Waals surface area contributed by atoms with Gasteiger partial charge in [-0.1, -0.05) is 65.7 Å². The highest BCUT2D eigenvalue weighted by Crippen LogP contribution is 2.41. The molecule has 1 rings (SSSR count). The molecule has 0 aromatic heterocycles. The van der Waals surface area contributed by atoms with E-state index < -0.39 is 0 Å². The Kier molecular flexibility index (Phi) is 6.54. The molecule has 1 saturated carbocycles. The van der Waals surface area contributed by atoms with Gasteiger partial charge in [0, 0.05) is 0 Å². The lowest BCUT2D eigenvalue weighted by atomic mass is 9.69. The maximum atomic E-state index is 10.9. The predicted molar refractivity (Wildman–Crippen MR) is 75.1 cm³/mol. The summed E-state index contributed by atoms with van der Waals surface area (Å²) < 4.78 is 0. The van der Waals surface area contributed by atoms with Gasteiger partial charge in [-0.2, -0.15) is 0 Å². The average Bonchev–Trinajstić information content (AvgIpc) is 2.35. The van der Waals surface area contributed by atoms with Gasteiger partial charge in [0.2, 0.25) is 0 Å². The molecule has 3 unspecified atom stereocenters. The molecule has 1 heteroatoms. The van der Waals surface area contributed by atoms with E-state index in [1.165, 1.54) is 44.9 Å². The SMILES string of the molecule is CCCCC(CC)CC1(O)CCCCC1CC. The van der Waals surface area contributed by atoms with E-state index in [-0.39, 0.29) is 5.60 Å². The summed E-state index contributed by atoms with van der Waals surface area (Å²) in [5, 5.41) is 10.9. The van der Waals surface area contributed by atoms with Gasteiger partial charge in [0.15, 0.2) is 0 Å². The molecule has 1 aliphatic carbocycles. The fourth-order valence-corrected chi connectivity index (χ4v) is 3.59. The van der Waals surface area contributed by atoms with E-state index in [1.54, 1.807) is 0 Å². The Morgan fingerprint density at radius 2 is 2.00 bits per heavy atom. The highest BCUT2D eigenvalue weighted by Gasteiger charge is 2.38. The van der Waals surface area contributed by atoms with Crippen LogP contribution in [0, 0.1) is 11.8 Å². The molecule has 3 atom stereocenters. The van der Waals surface area contributed by atoms with Crippen LogP contribution in [0.15, 0.2) is 0 Å². The smallest absolute Gasteiger partial charge is 0.0678 e. The number of hydrogen-bond donors (Lipinski definition) is 1. The Hall–Kier alpha value is -0.0400. The molecule has 1 N–H and O–H groups in total. The van der Waals surface area contributed by atoms with Crippen LogP contribution in [-0.2, 0) is 0 Å². The van der Waals surface area contributed by atoms with Crippen molar-refractivity contribution in [2.75, 3.05) is 0 Å². The van der Waals surface area contributed by atoms with Gasteiger partial charge >= 0.3 is 0 Å². The van der Waals surface area contributed by atoms with Gasteiger partial charge in [0.05, 0.1) is 5.60 Å². The van der Waals surface area contributed by atoms with Crippen LogP contribution >= 0.6 is 0 Å². The summed E-state index contributed by atoms with van der Waals surface area (Å²) in [6, 6.07) is 0. The van der Waals surface area contributed by atoms with Crippen molar-refractivity contribution in [1.29, 1.82) is 0 Å². The molecule has 0 aromatic carbocycles. The third kappa shape index (κ3) is 4.28. The van der Waals surface area contributed by atoms with Gasteiger partial charge in [-0.15, -0.1) is 0 Å². The van der Waals surface area contributed by atoms with Gasteiger partial charge < -0.3 is 5.11 Å². The van der Waals surface area contributed by atoms with Gasteiger partial charge in [0.25, 0.3) is 0 Å². The van der Waals surface area contributed by atoms with E-state index in [4.69, 9.17) is 0 Å². The quantitative estimate of drug-likeness (QED) is 0.669. The molecule has 0 bridgehead atoms. The van der Waals surface area contributed by atoms with Crippen molar-refractivity contribution in [3.8, 4) is 0 Å². The Morgan fingerprint density at radius 3 is 2.59 bits per heavy atom. The minimum Gasteiger partial charge on any atom is -0.390 e. The van der Waals surface area contributed by atoms with Crippen LogP contribution in [0.1, 0.15) is 85.0 Å². The molecule has 17 heavy (non-hydrogen) atoms. The summed E-state index contributed by atoms with van der Waals surface area (Å²) in [7, 11) is 0. The second kappa shape index (κ2) is 7.41. The lowest BCUT2D eigenvalue weighted by Crippen LogP contribution is -2.42. The highest BCUT2D eigenvalue weighted by molar-refractivity contribution is 4.90. The fourth-order valence-electron chi connectivity index (χ4n) is 3.59. The van der Waals surface area contributed by atoms with Crippen molar-refractivity contribution in [2.45, 2.75) is 90.6 Å². The zero-order valence-electron chi connectivity index (χ0n) is 12.2. The molecule has 0 radical (unpaired) electrons. The van der Waals surface area contributed by atoms with Crippen molar-refractivity contribution in [3.05, 3.63) is 0 Å². The van der Waals surface area contributed by atoms with Crippen LogP contribution in [-0.4, -0.2) is 10.7 Å². The van der Waals surface area contributed by atoms with Crippen LogP contribution in [0.4, 0.5) is 0 Å². The van der Waals surface area contributed by atoms with Gasteiger partial charge in [-0.25, -0.2) is 0 Å². The summed E-state index contributed by atoms with van der Waals surface area (Å²) in [5.41, 5.74) is -0.332. The maximum Gasteiger partial charge on any atom is 0.0678 e. The minimum absolute atomic E-state index is 0.332. The summed E-state index contributed by atoms with van der Waals surface area (Å²) >= 11 is 0. The van der Waals surface area contributed by atoms with Gasteiger partial charge in [-0.05, 0) is 31.1 Å². The molecular weight excluding hydrogens is 208 g/mol. The second-order valence-corrected chi connectivity index (χ2v) is 6.08. The van der Waals surface area contributed by atoms with E-state index in [0.717, 1.165) is 25.2 Å². The third-order valence-corrected chi connectivity index (χ3v) is 4.85. The van der Waals surface area contributed by atoms with Crippen LogP contribution < -0.4 is 0 Å². The Bertz CT molecular complexity index is 202. The van der Waals surface area contributed by atoms with Crippen molar-refractivity contribution in [3.63, 3.8) is 0 Å². The number of hydrogen-bond acceptors (Lipinski definition) is 1. The molecule has 0 aromatic rings. The molecule has 0 amide bonds. The van der Waals surface area contributed by atoms with Gasteiger partial charge in [0.1, 0.15) is 0 Å². The first-order valence-electron chi connectivity index (χ1n) is 7.88. The molecule has 102 valence electrons.